The van der Waals surface area contributed by atoms with Gasteiger partial charge in [0.2, 0.25) is 0 Å². The number of Topliss-reactive ketones (excluding diaryl/α,β-unsaturated/α-hetero) is 1. The minimum absolute atomic E-state index is 0.00849. The van der Waals surface area contributed by atoms with Crippen molar-refractivity contribution in [3.63, 3.8) is 0 Å². The average Bonchev–Trinajstić information content (AvgIpc) is 2.97. The summed E-state index contributed by atoms with van der Waals surface area (Å²) >= 11 is 0. The standard InChI is InChI=1S/C20H19NO6/c1-20(14-5-9-16(26-2)10-6-14)17(22)11-12-18(20)27-19(23)13-3-7-15(8-4-13)21(24)25/h3-10,18H,11-12H2,1-2H3/t18-,20-/m0/s1. The van der Waals surface area contributed by atoms with Gasteiger partial charge in [-0.15, -0.1) is 0 Å². The summed E-state index contributed by atoms with van der Waals surface area (Å²) in [7, 11) is 1.56. The van der Waals surface area contributed by atoms with Crippen molar-refractivity contribution in [3.8, 4) is 5.75 Å². The molecule has 0 radical (unpaired) electrons. The molecule has 0 heterocycles. The van der Waals surface area contributed by atoms with Gasteiger partial charge >= 0.3 is 5.97 Å². The topological polar surface area (TPSA) is 95.7 Å². The Morgan fingerprint density at radius 3 is 2.33 bits per heavy atom. The summed E-state index contributed by atoms with van der Waals surface area (Å²) in [6.45, 7) is 1.78. The van der Waals surface area contributed by atoms with Crippen molar-refractivity contribution in [1.29, 1.82) is 0 Å². The third-order valence-corrected chi connectivity index (χ3v) is 5.11. The maximum Gasteiger partial charge on any atom is 0.338 e. The molecule has 2 atom stereocenters. The number of esters is 1. The molecular formula is C20H19NO6. The summed E-state index contributed by atoms with van der Waals surface area (Å²) in [5.41, 5.74) is -0.0853. The van der Waals surface area contributed by atoms with Gasteiger partial charge in [0.15, 0.2) is 0 Å². The average molecular weight is 369 g/mol. The minimum Gasteiger partial charge on any atom is -0.497 e. The number of methoxy groups -OCH3 is 1. The Hall–Kier alpha value is -3.22. The van der Waals surface area contributed by atoms with E-state index in [0.29, 0.717) is 18.6 Å². The summed E-state index contributed by atoms with van der Waals surface area (Å²) in [5, 5.41) is 10.7. The van der Waals surface area contributed by atoms with E-state index in [0.717, 1.165) is 5.56 Å². The lowest BCUT2D eigenvalue weighted by molar-refractivity contribution is -0.384. The van der Waals surface area contributed by atoms with Gasteiger partial charge < -0.3 is 9.47 Å². The molecule has 0 amide bonds. The molecule has 0 aromatic heterocycles. The zero-order valence-corrected chi connectivity index (χ0v) is 15.0. The predicted octanol–water partition coefficient (Wildman–Crippen LogP) is 3.45. The first-order valence-corrected chi connectivity index (χ1v) is 8.49. The van der Waals surface area contributed by atoms with E-state index in [1.54, 1.807) is 38.3 Å². The van der Waals surface area contributed by atoms with E-state index in [-0.39, 0.29) is 17.0 Å². The third-order valence-electron chi connectivity index (χ3n) is 5.11. The summed E-state index contributed by atoms with van der Waals surface area (Å²) in [4.78, 5) is 35.3. The number of carbonyl (C=O) groups excluding carboxylic acids is 2. The number of ether oxygens (including phenoxy) is 2. The molecule has 1 fully saturated rings. The van der Waals surface area contributed by atoms with Crippen LogP contribution in [0.3, 0.4) is 0 Å². The highest BCUT2D eigenvalue weighted by Gasteiger charge is 2.49. The van der Waals surface area contributed by atoms with Gasteiger partial charge in [-0.25, -0.2) is 4.79 Å². The lowest BCUT2D eigenvalue weighted by Crippen LogP contribution is -2.40. The lowest BCUT2D eigenvalue weighted by atomic mass is 9.78. The van der Waals surface area contributed by atoms with Gasteiger partial charge in [-0.2, -0.15) is 0 Å². The Labute approximate surface area is 156 Å². The SMILES string of the molecule is COc1ccc([C@@]2(C)C(=O)CC[C@@H]2OC(=O)c2ccc([N+](=O)[O-])cc2)cc1. The molecule has 1 aliphatic carbocycles. The molecule has 0 spiro atoms. The number of nitro benzene ring substituents is 1. The van der Waals surface area contributed by atoms with Crippen LogP contribution in [0.4, 0.5) is 5.69 Å². The molecule has 0 aliphatic heterocycles. The van der Waals surface area contributed by atoms with Crippen molar-refractivity contribution in [2.45, 2.75) is 31.3 Å². The Balaban J connectivity index is 1.82. The molecule has 7 nitrogen and oxygen atoms in total. The molecule has 2 aromatic carbocycles. The number of ketones is 1. The maximum absolute atomic E-state index is 12.6. The van der Waals surface area contributed by atoms with E-state index in [9.17, 15) is 19.7 Å². The number of rotatable bonds is 5. The number of hydrogen-bond donors (Lipinski definition) is 0. The van der Waals surface area contributed by atoms with E-state index in [2.05, 4.69) is 0 Å². The van der Waals surface area contributed by atoms with Gasteiger partial charge in [0.1, 0.15) is 17.6 Å². The van der Waals surface area contributed by atoms with Crippen LogP contribution in [0.5, 0.6) is 5.75 Å². The molecule has 7 heteroatoms. The second-order valence-corrected chi connectivity index (χ2v) is 6.59. The van der Waals surface area contributed by atoms with Gasteiger partial charge in [0, 0.05) is 18.6 Å². The number of nitrogens with zero attached hydrogens (tertiary/aromatic N) is 1. The highest BCUT2D eigenvalue weighted by molar-refractivity contribution is 5.95. The van der Waals surface area contributed by atoms with Crippen LogP contribution in [0.25, 0.3) is 0 Å². The van der Waals surface area contributed by atoms with E-state index >= 15 is 0 Å². The van der Waals surface area contributed by atoms with E-state index in [1.807, 2.05) is 0 Å². The van der Waals surface area contributed by atoms with Crippen molar-refractivity contribution in [3.05, 3.63) is 69.8 Å². The van der Waals surface area contributed by atoms with Crippen LogP contribution >= 0.6 is 0 Å². The Morgan fingerprint density at radius 1 is 1.15 bits per heavy atom. The number of hydrogen-bond acceptors (Lipinski definition) is 6. The molecule has 140 valence electrons. The van der Waals surface area contributed by atoms with E-state index in [4.69, 9.17) is 9.47 Å². The second-order valence-electron chi connectivity index (χ2n) is 6.59. The van der Waals surface area contributed by atoms with Crippen LogP contribution in [-0.2, 0) is 14.9 Å². The molecule has 0 saturated heterocycles. The molecular weight excluding hydrogens is 350 g/mol. The predicted molar refractivity (Wildman–Crippen MR) is 96.9 cm³/mol. The molecule has 3 rings (SSSR count). The minimum atomic E-state index is -0.942. The van der Waals surface area contributed by atoms with Crippen molar-refractivity contribution in [2.75, 3.05) is 7.11 Å². The first-order valence-electron chi connectivity index (χ1n) is 8.49. The second kappa shape index (κ2) is 7.19. The van der Waals surface area contributed by atoms with Gasteiger partial charge in [0.25, 0.3) is 5.69 Å². The third kappa shape index (κ3) is 3.40. The summed E-state index contributed by atoms with van der Waals surface area (Å²) in [6, 6.07) is 12.3. The largest absolute Gasteiger partial charge is 0.497 e. The number of carbonyl (C=O) groups is 2. The van der Waals surface area contributed by atoms with Crippen LogP contribution in [-0.4, -0.2) is 29.9 Å². The molecule has 0 N–H and O–H groups in total. The van der Waals surface area contributed by atoms with Crippen LogP contribution in [0.15, 0.2) is 48.5 Å². The zero-order chi connectivity index (χ0) is 19.6. The molecule has 0 bridgehead atoms. The number of benzene rings is 2. The number of nitro groups is 1. The Kier molecular flexibility index (Phi) is 4.94. The van der Waals surface area contributed by atoms with Gasteiger partial charge in [-0.3, -0.25) is 14.9 Å². The van der Waals surface area contributed by atoms with Gasteiger partial charge in [-0.1, -0.05) is 12.1 Å². The van der Waals surface area contributed by atoms with Gasteiger partial charge in [-0.05, 0) is 43.2 Å². The van der Waals surface area contributed by atoms with E-state index in [1.165, 1.54) is 24.3 Å². The van der Waals surface area contributed by atoms with Crippen molar-refractivity contribution in [1.82, 2.24) is 0 Å². The molecule has 1 saturated carbocycles. The van der Waals surface area contributed by atoms with Crippen molar-refractivity contribution in [2.24, 2.45) is 0 Å². The monoisotopic (exact) mass is 369 g/mol. The van der Waals surface area contributed by atoms with Crippen molar-refractivity contribution >= 4 is 17.4 Å². The fraction of sp³-hybridized carbons (Fsp3) is 0.300. The fourth-order valence-electron chi connectivity index (χ4n) is 3.37. The van der Waals surface area contributed by atoms with Crippen LogP contribution < -0.4 is 4.74 Å². The molecule has 0 unspecified atom stereocenters. The first kappa shape index (κ1) is 18.6. The summed E-state index contributed by atoms with van der Waals surface area (Å²) in [5.74, 6) is 0.0747. The highest BCUT2D eigenvalue weighted by atomic mass is 16.6. The first-order chi connectivity index (χ1) is 12.9. The molecule has 27 heavy (non-hydrogen) atoms. The normalized spacial score (nSPS) is 21.7. The number of non-ortho nitro benzene ring substituents is 1. The summed E-state index contributed by atoms with van der Waals surface area (Å²) < 4.78 is 10.8. The maximum atomic E-state index is 12.6. The Bertz CT molecular complexity index is 874. The quantitative estimate of drug-likeness (QED) is 0.455. The molecule has 2 aromatic rings. The van der Waals surface area contributed by atoms with E-state index < -0.39 is 22.4 Å². The summed E-state index contributed by atoms with van der Waals surface area (Å²) in [6.07, 6.45) is 0.141. The lowest BCUT2D eigenvalue weighted by Gasteiger charge is -2.30. The molecule has 1 aliphatic rings. The zero-order valence-electron chi connectivity index (χ0n) is 15.0. The van der Waals surface area contributed by atoms with Crippen LogP contribution in [0.1, 0.15) is 35.7 Å². The Morgan fingerprint density at radius 2 is 1.78 bits per heavy atom. The smallest absolute Gasteiger partial charge is 0.338 e. The van der Waals surface area contributed by atoms with Crippen molar-refractivity contribution < 1.29 is 24.0 Å². The highest BCUT2D eigenvalue weighted by Crippen LogP contribution is 2.41. The fourth-order valence-corrected chi connectivity index (χ4v) is 3.37. The van der Waals surface area contributed by atoms with Crippen LogP contribution in [0.2, 0.25) is 0 Å². The van der Waals surface area contributed by atoms with Crippen LogP contribution in [0, 0.1) is 10.1 Å². The van der Waals surface area contributed by atoms with Gasteiger partial charge in [0.05, 0.1) is 23.0 Å².